The molecule has 0 unspecified atom stereocenters. The highest BCUT2D eigenvalue weighted by Gasteiger charge is 2.35. The molecule has 0 aliphatic heterocycles. The summed E-state index contributed by atoms with van der Waals surface area (Å²) in [5.74, 6) is 0. The average molecular weight is 642 g/mol. The molecule has 1 aliphatic carbocycles. The van der Waals surface area contributed by atoms with Crippen molar-refractivity contribution in [3.05, 3.63) is 163 Å². The fraction of sp³-hybridized carbons (Fsp3) is 0.0638. The van der Waals surface area contributed by atoms with Gasteiger partial charge < -0.3 is 4.57 Å². The molecule has 8 aromatic carbocycles. The number of benzene rings is 8. The van der Waals surface area contributed by atoms with Crippen molar-refractivity contribution in [2.75, 3.05) is 0 Å². The summed E-state index contributed by atoms with van der Waals surface area (Å²) < 4.78 is 5.25. The minimum Gasteiger partial charge on any atom is -0.308 e. The molecule has 0 N–H and O–H groups in total. The predicted molar refractivity (Wildman–Crippen MR) is 212 cm³/mol. The zero-order valence-corrected chi connectivity index (χ0v) is 28.1. The molecule has 1 aliphatic rings. The first-order valence-electron chi connectivity index (χ1n) is 17.1. The lowest BCUT2D eigenvalue weighted by Gasteiger charge is -2.22. The molecule has 230 valence electrons. The van der Waals surface area contributed by atoms with E-state index in [1.807, 2.05) is 11.3 Å². The van der Waals surface area contributed by atoms with Crippen LogP contribution in [0.3, 0.4) is 0 Å². The highest BCUT2D eigenvalue weighted by molar-refractivity contribution is 7.27. The predicted octanol–water partition coefficient (Wildman–Crippen LogP) is 13.4. The second-order valence-corrected chi connectivity index (χ2v) is 15.1. The van der Waals surface area contributed by atoms with Gasteiger partial charge in [0.05, 0.1) is 15.7 Å². The first-order chi connectivity index (χ1) is 24.1. The van der Waals surface area contributed by atoms with Crippen LogP contribution in [0, 0.1) is 0 Å². The second-order valence-electron chi connectivity index (χ2n) is 14.1. The molecule has 2 heteroatoms. The first-order valence-corrected chi connectivity index (χ1v) is 17.9. The largest absolute Gasteiger partial charge is 0.308 e. The molecule has 0 spiro atoms. The summed E-state index contributed by atoms with van der Waals surface area (Å²) in [7, 11) is 0. The van der Waals surface area contributed by atoms with Gasteiger partial charge in [0.15, 0.2) is 0 Å². The van der Waals surface area contributed by atoms with Crippen molar-refractivity contribution in [1.82, 2.24) is 4.57 Å². The number of thiophene rings is 1. The van der Waals surface area contributed by atoms with Crippen LogP contribution in [-0.4, -0.2) is 4.57 Å². The van der Waals surface area contributed by atoms with E-state index in [1.165, 1.54) is 103 Å². The van der Waals surface area contributed by atoms with E-state index in [1.54, 1.807) is 0 Å². The van der Waals surface area contributed by atoms with Crippen molar-refractivity contribution >= 4 is 74.9 Å². The molecule has 0 fully saturated rings. The van der Waals surface area contributed by atoms with E-state index in [2.05, 4.69) is 170 Å². The molecular formula is C47H31NS. The molecule has 2 aromatic heterocycles. The van der Waals surface area contributed by atoms with Gasteiger partial charge in [-0.15, -0.1) is 11.3 Å². The third-order valence-electron chi connectivity index (χ3n) is 11.2. The van der Waals surface area contributed by atoms with Crippen LogP contribution < -0.4 is 0 Å². The minimum atomic E-state index is -0.0815. The standard InChI is InChI=1S/C47H31NS/c1-47(2)39-20-9-7-15-33(39)34-24-23-30(27-40(34)47)48-41-25-22-29(32-19-11-13-28-12-3-4-14-31(28)32)26-38(41)43-35-16-5-6-17-36(35)44-37-18-8-10-21-42(37)49-46(44)45(43)48/h3-27H,1-2H3. The van der Waals surface area contributed by atoms with Gasteiger partial charge >= 0.3 is 0 Å². The number of aromatic nitrogens is 1. The summed E-state index contributed by atoms with van der Waals surface area (Å²) in [5.41, 5.74) is 11.7. The maximum atomic E-state index is 2.57. The lowest BCUT2D eigenvalue weighted by Crippen LogP contribution is -2.15. The van der Waals surface area contributed by atoms with Crippen LogP contribution in [0.5, 0.6) is 0 Å². The van der Waals surface area contributed by atoms with Gasteiger partial charge in [-0.25, -0.2) is 0 Å². The third kappa shape index (κ3) is 3.59. The molecule has 0 amide bonds. The van der Waals surface area contributed by atoms with Crippen LogP contribution in [0.4, 0.5) is 0 Å². The Labute approximate surface area is 288 Å². The molecular weight excluding hydrogens is 611 g/mol. The Bertz CT molecular complexity index is 3020. The molecule has 11 rings (SSSR count). The Hall–Kier alpha value is -5.70. The molecule has 10 aromatic rings. The van der Waals surface area contributed by atoms with E-state index in [9.17, 15) is 0 Å². The van der Waals surface area contributed by atoms with Gasteiger partial charge in [0.1, 0.15) is 0 Å². The number of rotatable bonds is 2. The van der Waals surface area contributed by atoms with Crippen molar-refractivity contribution < 1.29 is 0 Å². The second kappa shape index (κ2) is 9.69. The molecule has 0 atom stereocenters. The Kier molecular flexibility index (Phi) is 5.39. The highest BCUT2D eigenvalue weighted by atomic mass is 32.1. The van der Waals surface area contributed by atoms with E-state index < -0.39 is 0 Å². The quantitative estimate of drug-likeness (QED) is 0.177. The molecule has 1 nitrogen and oxygen atoms in total. The average Bonchev–Trinajstić information content (AvgIpc) is 3.77. The van der Waals surface area contributed by atoms with Crippen LogP contribution in [0.15, 0.2) is 152 Å². The van der Waals surface area contributed by atoms with E-state index in [0.29, 0.717) is 0 Å². The summed E-state index contributed by atoms with van der Waals surface area (Å²) >= 11 is 1.93. The summed E-state index contributed by atoms with van der Waals surface area (Å²) in [4.78, 5) is 0. The van der Waals surface area contributed by atoms with E-state index >= 15 is 0 Å². The third-order valence-corrected chi connectivity index (χ3v) is 12.3. The van der Waals surface area contributed by atoms with Crippen molar-refractivity contribution in [3.8, 4) is 27.9 Å². The lowest BCUT2D eigenvalue weighted by atomic mass is 9.82. The van der Waals surface area contributed by atoms with Gasteiger partial charge in [-0.1, -0.05) is 135 Å². The maximum Gasteiger partial charge on any atom is 0.0726 e. The van der Waals surface area contributed by atoms with Crippen LogP contribution in [0.25, 0.3) is 91.5 Å². The molecule has 49 heavy (non-hydrogen) atoms. The Morgan fingerprint density at radius 3 is 2.04 bits per heavy atom. The van der Waals surface area contributed by atoms with Crippen LogP contribution in [0.2, 0.25) is 0 Å². The Morgan fingerprint density at radius 2 is 1.16 bits per heavy atom. The normalized spacial score (nSPS) is 13.7. The SMILES string of the molecule is CC1(C)c2ccccc2-c2ccc(-n3c4ccc(-c5cccc6ccccc56)cc4c4c5ccccc5c5c6ccccc6sc5c43)cc21. The minimum absolute atomic E-state index is 0.0815. The van der Waals surface area contributed by atoms with Crippen molar-refractivity contribution in [2.24, 2.45) is 0 Å². The molecule has 2 heterocycles. The number of nitrogens with zero attached hydrogens (tertiary/aromatic N) is 1. The van der Waals surface area contributed by atoms with Crippen molar-refractivity contribution in [1.29, 1.82) is 0 Å². The smallest absolute Gasteiger partial charge is 0.0726 e. The Balaban J connectivity index is 1.31. The van der Waals surface area contributed by atoms with E-state index in [0.717, 1.165) is 0 Å². The molecule has 0 bridgehead atoms. The summed E-state index contributed by atoms with van der Waals surface area (Å²) in [6.45, 7) is 4.75. The highest BCUT2D eigenvalue weighted by Crippen LogP contribution is 2.51. The van der Waals surface area contributed by atoms with E-state index in [-0.39, 0.29) is 5.41 Å². The number of hydrogen-bond donors (Lipinski definition) is 0. The van der Waals surface area contributed by atoms with Gasteiger partial charge in [0.2, 0.25) is 0 Å². The molecule has 0 saturated carbocycles. The van der Waals surface area contributed by atoms with Gasteiger partial charge in [0.25, 0.3) is 0 Å². The molecule has 0 saturated heterocycles. The van der Waals surface area contributed by atoms with Gasteiger partial charge in [0, 0.05) is 37.3 Å². The van der Waals surface area contributed by atoms with Crippen molar-refractivity contribution in [3.63, 3.8) is 0 Å². The lowest BCUT2D eigenvalue weighted by molar-refractivity contribution is 0.660. The first kappa shape index (κ1) is 27.3. The van der Waals surface area contributed by atoms with Crippen LogP contribution in [-0.2, 0) is 5.41 Å². The zero-order valence-electron chi connectivity index (χ0n) is 27.3. The van der Waals surface area contributed by atoms with Crippen LogP contribution >= 0.6 is 11.3 Å². The number of hydrogen-bond acceptors (Lipinski definition) is 1. The van der Waals surface area contributed by atoms with Gasteiger partial charge in [-0.05, 0) is 85.3 Å². The van der Waals surface area contributed by atoms with Gasteiger partial charge in [-0.2, -0.15) is 0 Å². The Morgan fingerprint density at radius 1 is 0.490 bits per heavy atom. The van der Waals surface area contributed by atoms with Crippen LogP contribution in [0.1, 0.15) is 25.0 Å². The maximum absolute atomic E-state index is 2.57. The fourth-order valence-corrected chi connectivity index (χ4v) is 10.2. The van der Waals surface area contributed by atoms with Crippen molar-refractivity contribution in [2.45, 2.75) is 19.3 Å². The zero-order chi connectivity index (χ0) is 32.4. The topological polar surface area (TPSA) is 4.93 Å². The number of fused-ring (bicyclic) bond motifs is 14. The summed E-state index contributed by atoms with van der Waals surface area (Å²) in [6.07, 6.45) is 0. The summed E-state index contributed by atoms with van der Waals surface area (Å²) in [5, 5.41) is 10.5. The summed E-state index contributed by atoms with van der Waals surface area (Å²) in [6, 6.07) is 56.7. The van der Waals surface area contributed by atoms with Gasteiger partial charge in [-0.3, -0.25) is 0 Å². The van der Waals surface area contributed by atoms with E-state index in [4.69, 9.17) is 0 Å². The monoisotopic (exact) mass is 641 g/mol. The molecule has 0 radical (unpaired) electrons. The fourth-order valence-electron chi connectivity index (χ4n) is 8.92.